The second-order valence-corrected chi connectivity index (χ2v) is 15.5. The van der Waals surface area contributed by atoms with E-state index in [1.165, 1.54) is 16.0 Å². The Kier molecular flexibility index (Phi) is 8.77. The third kappa shape index (κ3) is 6.15. The van der Waals surface area contributed by atoms with Gasteiger partial charge in [0.15, 0.2) is 5.82 Å². The van der Waals surface area contributed by atoms with Crippen LogP contribution < -0.4 is 10.6 Å². The lowest BCUT2D eigenvalue weighted by Gasteiger charge is -2.35. The SMILES string of the molecule is Cc1sc2c(c1C)[C@H](c1ccc(Cl)cc1)NC(CC(=O)N1CCN(Cc3ccc4c(c3)CN(C3CCC(=O)NC3=O)C4=O)CC1)c1nnc(C)n1-2. The van der Waals surface area contributed by atoms with E-state index in [1.54, 1.807) is 16.2 Å². The molecule has 264 valence electrons. The number of nitrogens with zero attached hydrogens (tertiary/aromatic N) is 6. The average Bonchev–Trinajstić information content (AvgIpc) is 3.72. The minimum atomic E-state index is -0.630. The fourth-order valence-corrected chi connectivity index (χ4v) is 9.24. The first-order valence-corrected chi connectivity index (χ1v) is 18.6. The van der Waals surface area contributed by atoms with Crippen LogP contribution in [0.4, 0.5) is 0 Å². The summed E-state index contributed by atoms with van der Waals surface area (Å²) in [5.41, 5.74) is 6.04. The molecule has 12 nitrogen and oxygen atoms in total. The van der Waals surface area contributed by atoms with Crippen LogP contribution in [-0.2, 0) is 27.5 Å². The summed E-state index contributed by atoms with van der Waals surface area (Å²) in [5.74, 6) is 0.721. The molecule has 14 heteroatoms. The number of benzene rings is 2. The molecule has 51 heavy (non-hydrogen) atoms. The van der Waals surface area contributed by atoms with E-state index in [0.717, 1.165) is 46.4 Å². The maximum Gasteiger partial charge on any atom is 0.255 e. The number of piperazine rings is 1. The molecule has 0 saturated carbocycles. The van der Waals surface area contributed by atoms with Crippen molar-refractivity contribution in [1.29, 1.82) is 0 Å². The Morgan fingerprint density at radius 1 is 1.00 bits per heavy atom. The normalized spacial score (nSPS) is 22.0. The van der Waals surface area contributed by atoms with Gasteiger partial charge in [0, 0.05) is 73.1 Å². The number of thiophene rings is 1. The lowest BCUT2D eigenvalue weighted by molar-refractivity contribution is -0.137. The topological polar surface area (TPSA) is 133 Å². The van der Waals surface area contributed by atoms with Gasteiger partial charge in [0.25, 0.3) is 5.91 Å². The summed E-state index contributed by atoms with van der Waals surface area (Å²) in [7, 11) is 0. The Hall–Kier alpha value is -4.43. The van der Waals surface area contributed by atoms with E-state index in [1.807, 2.05) is 54.3 Å². The largest absolute Gasteiger partial charge is 0.340 e. The van der Waals surface area contributed by atoms with Crippen LogP contribution >= 0.6 is 22.9 Å². The molecule has 0 radical (unpaired) electrons. The molecule has 6 heterocycles. The summed E-state index contributed by atoms with van der Waals surface area (Å²) >= 11 is 8.00. The van der Waals surface area contributed by atoms with Crippen molar-refractivity contribution in [2.45, 2.75) is 71.2 Å². The molecule has 0 spiro atoms. The highest BCUT2D eigenvalue weighted by molar-refractivity contribution is 7.14. The van der Waals surface area contributed by atoms with E-state index in [4.69, 9.17) is 11.6 Å². The van der Waals surface area contributed by atoms with Crippen LogP contribution in [0.1, 0.15) is 86.0 Å². The smallest absolute Gasteiger partial charge is 0.255 e. The molecule has 0 bridgehead atoms. The van der Waals surface area contributed by atoms with Crippen molar-refractivity contribution < 1.29 is 19.2 Å². The maximum atomic E-state index is 14.0. The summed E-state index contributed by atoms with van der Waals surface area (Å²) in [5, 5.41) is 17.0. The number of aromatic nitrogens is 3. The zero-order chi connectivity index (χ0) is 35.6. The monoisotopic (exact) mass is 726 g/mol. The highest BCUT2D eigenvalue weighted by Crippen LogP contribution is 2.43. The molecule has 4 aliphatic heterocycles. The highest BCUT2D eigenvalue weighted by atomic mass is 35.5. The van der Waals surface area contributed by atoms with Crippen molar-refractivity contribution >= 4 is 46.6 Å². The van der Waals surface area contributed by atoms with E-state index >= 15 is 0 Å². The zero-order valence-electron chi connectivity index (χ0n) is 28.7. The van der Waals surface area contributed by atoms with Gasteiger partial charge in [-0.25, -0.2) is 0 Å². The molecule has 4 amide bonds. The van der Waals surface area contributed by atoms with E-state index in [2.05, 4.69) is 44.1 Å². The minimum absolute atomic E-state index is 0.0666. The molecule has 2 aromatic heterocycles. The van der Waals surface area contributed by atoms with Gasteiger partial charge in [-0.3, -0.25) is 39.3 Å². The maximum absolute atomic E-state index is 14.0. The first-order valence-electron chi connectivity index (χ1n) is 17.4. The summed E-state index contributed by atoms with van der Waals surface area (Å²) < 4.78 is 2.12. The van der Waals surface area contributed by atoms with Crippen LogP contribution in [0.5, 0.6) is 0 Å². The molecular formula is C37H39ClN8O4S. The summed E-state index contributed by atoms with van der Waals surface area (Å²) in [6.45, 7) is 9.95. The fraction of sp³-hybridized carbons (Fsp3) is 0.405. The van der Waals surface area contributed by atoms with Crippen LogP contribution in [0, 0.1) is 20.8 Å². The molecule has 2 aromatic carbocycles. The average molecular weight is 727 g/mol. The lowest BCUT2D eigenvalue weighted by atomic mass is 9.96. The van der Waals surface area contributed by atoms with E-state index < -0.39 is 11.9 Å². The predicted octanol–water partition coefficient (Wildman–Crippen LogP) is 4.14. The molecule has 2 saturated heterocycles. The number of rotatable bonds is 6. The van der Waals surface area contributed by atoms with Crippen LogP contribution in [0.3, 0.4) is 0 Å². The third-order valence-electron chi connectivity index (χ3n) is 10.7. The number of fused-ring (bicyclic) bond motifs is 4. The third-order valence-corrected chi connectivity index (χ3v) is 12.2. The van der Waals surface area contributed by atoms with Gasteiger partial charge in [0.1, 0.15) is 16.9 Å². The van der Waals surface area contributed by atoms with Crippen molar-refractivity contribution in [3.8, 4) is 5.00 Å². The van der Waals surface area contributed by atoms with Crippen molar-refractivity contribution in [2.24, 2.45) is 0 Å². The van der Waals surface area contributed by atoms with Gasteiger partial charge in [-0.05, 0) is 67.6 Å². The van der Waals surface area contributed by atoms with Crippen molar-refractivity contribution in [3.05, 3.63) is 97.4 Å². The van der Waals surface area contributed by atoms with E-state index in [9.17, 15) is 19.2 Å². The van der Waals surface area contributed by atoms with Crippen molar-refractivity contribution in [2.75, 3.05) is 26.2 Å². The first-order chi connectivity index (χ1) is 24.5. The Labute approximate surface area is 304 Å². The molecular weight excluding hydrogens is 688 g/mol. The number of imide groups is 1. The molecule has 0 aliphatic carbocycles. The van der Waals surface area contributed by atoms with Crippen LogP contribution in [0.2, 0.25) is 5.02 Å². The fourth-order valence-electron chi connectivity index (χ4n) is 7.86. The summed E-state index contributed by atoms with van der Waals surface area (Å²) in [6.07, 6.45) is 0.820. The Balaban J connectivity index is 0.937. The number of carbonyl (C=O) groups excluding carboxylic acids is 4. The lowest BCUT2D eigenvalue weighted by Crippen LogP contribution is -2.52. The van der Waals surface area contributed by atoms with Gasteiger partial charge in [-0.1, -0.05) is 35.9 Å². The summed E-state index contributed by atoms with van der Waals surface area (Å²) in [6, 6.07) is 12.6. The van der Waals surface area contributed by atoms with Crippen molar-refractivity contribution in [3.63, 3.8) is 0 Å². The Bertz CT molecular complexity index is 2070. The van der Waals surface area contributed by atoms with Gasteiger partial charge in [-0.2, -0.15) is 0 Å². The van der Waals surface area contributed by atoms with Gasteiger partial charge in [0.2, 0.25) is 17.7 Å². The molecule has 2 N–H and O–H groups in total. The Morgan fingerprint density at radius 2 is 1.76 bits per heavy atom. The quantitative estimate of drug-likeness (QED) is 0.284. The second-order valence-electron chi connectivity index (χ2n) is 13.9. The van der Waals surface area contributed by atoms with Crippen molar-refractivity contribution in [1.82, 2.24) is 40.1 Å². The van der Waals surface area contributed by atoms with Gasteiger partial charge >= 0.3 is 0 Å². The molecule has 4 aromatic rings. The van der Waals surface area contributed by atoms with Gasteiger partial charge in [0.05, 0.1) is 12.1 Å². The number of hydrogen-bond donors (Lipinski definition) is 2. The number of aryl methyl sites for hydroxylation is 2. The molecule has 2 unspecified atom stereocenters. The van der Waals surface area contributed by atoms with E-state index in [-0.39, 0.29) is 42.6 Å². The summed E-state index contributed by atoms with van der Waals surface area (Å²) in [4.78, 5) is 58.2. The van der Waals surface area contributed by atoms with Crippen LogP contribution in [-0.4, -0.2) is 85.3 Å². The predicted molar refractivity (Wildman–Crippen MR) is 192 cm³/mol. The molecule has 4 aliphatic rings. The van der Waals surface area contributed by atoms with E-state index in [0.29, 0.717) is 43.2 Å². The minimum Gasteiger partial charge on any atom is -0.340 e. The number of hydrogen-bond acceptors (Lipinski definition) is 9. The molecule has 3 atom stereocenters. The van der Waals surface area contributed by atoms with Gasteiger partial charge < -0.3 is 9.80 Å². The second kappa shape index (κ2) is 13.3. The number of piperidine rings is 1. The van der Waals surface area contributed by atoms with Crippen LogP contribution in [0.25, 0.3) is 5.00 Å². The highest BCUT2D eigenvalue weighted by Gasteiger charge is 2.40. The number of halogens is 1. The van der Waals surface area contributed by atoms with Gasteiger partial charge in [-0.15, -0.1) is 21.5 Å². The first kappa shape index (κ1) is 33.7. The van der Waals surface area contributed by atoms with Crippen LogP contribution in [0.15, 0.2) is 42.5 Å². The number of nitrogens with one attached hydrogen (secondary N) is 2. The number of amides is 4. The molecule has 8 rings (SSSR count). The standard InChI is InChI=1S/C37H39ClN8O4S/c1-20-21(2)51-37-32(20)33(24-5-7-26(38)8-6-24)39-28(34-42-41-22(3)46(34)37)17-31(48)44-14-12-43(13-15-44)18-23-4-9-27-25(16-23)19-45(36(27)50)29-10-11-30(47)40-35(29)49/h4-9,16,28-29,33,39H,10-15,17-19H2,1-3H3,(H,40,47,49)/t28?,29?,33-/m0/s1. The number of carbonyl (C=O) groups is 4. The zero-order valence-corrected chi connectivity index (χ0v) is 30.3. The molecule has 2 fully saturated rings. The Morgan fingerprint density at radius 3 is 2.51 bits per heavy atom.